The van der Waals surface area contributed by atoms with Gasteiger partial charge in [0, 0.05) is 28.8 Å². The van der Waals surface area contributed by atoms with Crippen LogP contribution in [-0.4, -0.2) is 44.2 Å². The second-order valence-corrected chi connectivity index (χ2v) is 9.07. The number of piperidine rings is 1. The maximum atomic E-state index is 12.6. The van der Waals surface area contributed by atoms with Crippen molar-refractivity contribution in [2.45, 2.75) is 31.3 Å². The molecule has 2 aliphatic rings. The van der Waals surface area contributed by atoms with Crippen LogP contribution in [0.2, 0.25) is 0 Å². The lowest BCUT2D eigenvalue weighted by Gasteiger charge is -2.23. The third-order valence-electron chi connectivity index (χ3n) is 5.56. The fourth-order valence-electron chi connectivity index (χ4n) is 3.99. The van der Waals surface area contributed by atoms with Gasteiger partial charge in [0.1, 0.15) is 17.8 Å². The van der Waals surface area contributed by atoms with Gasteiger partial charge in [-0.05, 0) is 38.4 Å². The van der Waals surface area contributed by atoms with Gasteiger partial charge in [-0.15, -0.1) is 0 Å². The van der Waals surface area contributed by atoms with Gasteiger partial charge in [0.15, 0.2) is 11.1 Å². The molecule has 0 bridgehead atoms. The molecule has 5 N–H and O–H groups in total. The van der Waals surface area contributed by atoms with Crippen LogP contribution in [0.1, 0.15) is 36.2 Å². The summed E-state index contributed by atoms with van der Waals surface area (Å²) >= 11 is 1.58. The maximum Gasteiger partial charge on any atom is 0.253 e. The Morgan fingerprint density at radius 3 is 2.84 bits per heavy atom. The van der Waals surface area contributed by atoms with E-state index in [-0.39, 0.29) is 17.4 Å². The summed E-state index contributed by atoms with van der Waals surface area (Å²) in [5, 5.41) is 15.1. The first-order valence-electron chi connectivity index (χ1n) is 10.3. The molecule has 4 heterocycles. The van der Waals surface area contributed by atoms with E-state index in [1.54, 1.807) is 23.9 Å². The van der Waals surface area contributed by atoms with E-state index in [4.69, 9.17) is 10.8 Å². The molecule has 3 aromatic rings. The number of carbonyl (C=O) groups excluding carboxylic acids is 1. The van der Waals surface area contributed by atoms with E-state index in [0.717, 1.165) is 53.1 Å². The van der Waals surface area contributed by atoms with Crippen LogP contribution in [0.4, 0.5) is 5.82 Å². The van der Waals surface area contributed by atoms with Gasteiger partial charge >= 0.3 is 0 Å². The van der Waals surface area contributed by atoms with Crippen molar-refractivity contribution in [3.63, 3.8) is 0 Å². The van der Waals surface area contributed by atoms with Crippen LogP contribution in [-0.2, 0) is 0 Å². The number of allylic oxidation sites excluding steroid dienone is 1. The lowest BCUT2D eigenvalue weighted by molar-refractivity contribution is 0.0948. The third kappa shape index (κ3) is 3.84. The van der Waals surface area contributed by atoms with Crippen molar-refractivity contribution < 1.29 is 4.79 Å². The lowest BCUT2D eigenvalue weighted by atomic mass is 10.1. The van der Waals surface area contributed by atoms with Crippen LogP contribution in [0.25, 0.3) is 22.3 Å². The molecular weight excluding hydrogens is 412 g/mol. The van der Waals surface area contributed by atoms with Crippen LogP contribution in [0.5, 0.6) is 0 Å². The first-order chi connectivity index (χ1) is 15.1. The average Bonchev–Trinajstić information content (AvgIpc) is 3.39. The first kappa shape index (κ1) is 19.8. The molecule has 1 amide bonds. The summed E-state index contributed by atoms with van der Waals surface area (Å²) < 4.78 is 1.97. The standard InChI is InChI=1S/C21H24N8OS/c1-12-9-24-21(31-12)27-20(30)14-6-4-13(5-7-14)17-16-18(22)25-11-26-19(16)29(28-17)15-3-2-8-23-10-15/h4-7,9,11,15,21,23-24H,2-3,8,10H2,1H3,(H,27,30)(H2,22,25,26)/t15-,21?/m1/s1. The Balaban J connectivity index is 1.44. The van der Waals surface area contributed by atoms with Crippen LogP contribution in [0.3, 0.4) is 0 Å². The highest BCUT2D eigenvalue weighted by atomic mass is 32.2. The highest BCUT2D eigenvalue weighted by Crippen LogP contribution is 2.33. The highest BCUT2D eigenvalue weighted by Gasteiger charge is 2.24. The lowest BCUT2D eigenvalue weighted by Crippen LogP contribution is -2.38. The van der Waals surface area contributed by atoms with Gasteiger partial charge < -0.3 is 21.7 Å². The molecule has 2 aliphatic heterocycles. The predicted octanol–water partition coefficient (Wildman–Crippen LogP) is 2.21. The Labute approximate surface area is 183 Å². The summed E-state index contributed by atoms with van der Waals surface area (Å²) in [5.41, 5.74) is 9.00. The van der Waals surface area contributed by atoms with Crippen molar-refractivity contribution >= 4 is 34.5 Å². The smallest absolute Gasteiger partial charge is 0.253 e. The van der Waals surface area contributed by atoms with Crippen molar-refractivity contribution in [3.8, 4) is 11.3 Å². The van der Waals surface area contributed by atoms with Crippen molar-refractivity contribution in [3.05, 3.63) is 47.3 Å². The summed E-state index contributed by atoms with van der Waals surface area (Å²) in [6.45, 7) is 3.87. The first-order valence-corrected chi connectivity index (χ1v) is 11.2. The Bertz CT molecular complexity index is 1150. The minimum Gasteiger partial charge on any atom is -0.383 e. The summed E-state index contributed by atoms with van der Waals surface area (Å²) in [5.74, 6) is 0.273. The third-order valence-corrected chi connectivity index (χ3v) is 6.54. The molecule has 2 atom stereocenters. The average molecular weight is 437 g/mol. The quantitative estimate of drug-likeness (QED) is 0.491. The van der Waals surface area contributed by atoms with Gasteiger partial charge in [0.25, 0.3) is 5.91 Å². The van der Waals surface area contributed by atoms with Gasteiger partial charge in [0.05, 0.1) is 11.4 Å². The van der Waals surface area contributed by atoms with Crippen LogP contribution < -0.4 is 21.7 Å². The number of carbonyl (C=O) groups is 1. The molecule has 0 radical (unpaired) electrons. The van der Waals surface area contributed by atoms with Gasteiger partial charge in [-0.2, -0.15) is 5.10 Å². The molecule has 5 rings (SSSR count). The number of amides is 1. The number of nitrogens with one attached hydrogen (secondary N) is 3. The van der Waals surface area contributed by atoms with E-state index < -0.39 is 0 Å². The number of nitrogen functional groups attached to an aromatic ring is 1. The van der Waals surface area contributed by atoms with E-state index in [1.807, 2.05) is 29.9 Å². The van der Waals surface area contributed by atoms with Gasteiger partial charge in [-0.3, -0.25) is 4.79 Å². The van der Waals surface area contributed by atoms with Gasteiger partial charge in [-0.1, -0.05) is 23.9 Å². The number of hydrogen-bond donors (Lipinski definition) is 4. The van der Waals surface area contributed by atoms with Crippen LogP contribution in [0, 0.1) is 0 Å². The Kier molecular flexibility index (Phi) is 5.24. The number of fused-ring (bicyclic) bond motifs is 1. The van der Waals surface area contributed by atoms with E-state index in [9.17, 15) is 4.79 Å². The molecule has 10 heteroatoms. The minimum atomic E-state index is -0.145. The highest BCUT2D eigenvalue weighted by molar-refractivity contribution is 8.03. The molecule has 1 unspecified atom stereocenters. The number of hydrogen-bond acceptors (Lipinski definition) is 8. The summed E-state index contributed by atoms with van der Waals surface area (Å²) in [7, 11) is 0. The zero-order valence-corrected chi connectivity index (χ0v) is 17.9. The predicted molar refractivity (Wildman–Crippen MR) is 122 cm³/mol. The molecule has 0 saturated carbocycles. The summed E-state index contributed by atoms with van der Waals surface area (Å²) in [6.07, 6.45) is 5.51. The van der Waals surface area contributed by atoms with Crippen LogP contribution >= 0.6 is 11.8 Å². The van der Waals surface area contributed by atoms with Gasteiger partial charge in [-0.25, -0.2) is 14.6 Å². The van der Waals surface area contributed by atoms with Crippen molar-refractivity contribution in [2.75, 3.05) is 18.8 Å². The van der Waals surface area contributed by atoms with E-state index >= 15 is 0 Å². The van der Waals surface area contributed by atoms with E-state index in [2.05, 4.69) is 25.9 Å². The zero-order valence-electron chi connectivity index (χ0n) is 17.1. The molecule has 0 aliphatic carbocycles. The molecule has 9 nitrogen and oxygen atoms in total. The molecule has 1 saturated heterocycles. The number of anilines is 1. The number of nitrogens with two attached hydrogens (primary N) is 1. The molecule has 2 aromatic heterocycles. The molecular formula is C21H24N8OS. The number of aromatic nitrogens is 4. The molecule has 31 heavy (non-hydrogen) atoms. The fourth-order valence-corrected chi connectivity index (χ4v) is 4.80. The maximum absolute atomic E-state index is 12.6. The van der Waals surface area contributed by atoms with E-state index in [0.29, 0.717) is 11.4 Å². The number of thioether (sulfide) groups is 1. The van der Waals surface area contributed by atoms with Crippen molar-refractivity contribution in [1.82, 2.24) is 35.7 Å². The fraction of sp³-hybridized carbons (Fsp3) is 0.333. The Hall–Kier alpha value is -3.11. The molecule has 160 valence electrons. The Morgan fingerprint density at radius 2 is 2.13 bits per heavy atom. The second kappa shape index (κ2) is 8.20. The SMILES string of the molecule is CC1=CNC(NC(=O)c2ccc(-c3nn([C@@H]4CCCNC4)c4ncnc(N)c34)cc2)S1. The number of nitrogens with zero attached hydrogens (tertiary/aromatic N) is 4. The van der Waals surface area contributed by atoms with Crippen LogP contribution in [0.15, 0.2) is 41.7 Å². The summed E-state index contributed by atoms with van der Waals surface area (Å²) in [4.78, 5) is 22.4. The molecule has 1 fully saturated rings. The van der Waals surface area contributed by atoms with Gasteiger partial charge in [0.2, 0.25) is 0 Å². The minimum absolute atomic E-state index is 0.133. The zero-order chi connectivity index (χ0) is 21.4. The second-order valence-electron chi connectivity index (χ2n) is 7.72. The largest absolute Gasteiger partial charge is 0.383 e. The summed E-state index contributed by atoms with van der Waals surface area (Å²) in [6, 6.07) is 7.61. The Morgan fingerprint density at radius 1 is 1.29 bits per heavy atom. The topological polar surface area (TPSA) is 123 Å². The van der Waals surface area contributed by atoms with Crippen molar-refractivity contribution in [2.24, 2.45) is 0 Å². The van der Waals surface area contributed by atoms with E-state index in [1.165, 1.54) is 6.33 Å². The molecule has 1 aromatic carbocycles. The monoisotopic (exact) mass is 436 g/mol. The number of rotatable bonds is 4. The molecule has 0 spiro atoms. The van der Waals surface area contributed by atoms with Crippen molar-refractivity contribution in [1.29, 1.82) is 0 Å². The normalized spacial score (nSPS) is 21.0. The number of benzene rings is 1.